The fourth-order valence-corrected chi connectivity index (χ4v) is 4.41. The van der Waals surface area contributed by atoms with E-state index in [0.29, 0.717) is 22.6 Å². The zero-order chi connectivity index (χ0) is 17.5. The van der Waals surface area contributed by atoms with E-state index in [-0.39, 0.29) is 11.7 Å². The molecule has 1 fully saturated rings. The number of carbonyl (C=O) groups excluding carboxylic acids is 1. The van der Waals surface area contributed by atoms with Gasteiger partial charge < -0.3 is 10.6 Å². The van der Waals surface area contributed by atoms with Crippen molar-refractivity contribution in [3.05, 3.63) is 30.1 Å². The maximum Gasteiger partial charge on any atom is 0.230 e. The topological polar surface area (TPSA) is 66.9 Å². The predicted molar refractivity (Wildman–Crippen MR) is 99.9 cm³/mol. The molecule has 1 aromatic carbocycles. The molecule has 0 bridgehead atoms. The Morgan fingerprint density at radius 2 is 2.04 bits per heavy atom. The fourth-order valence-electron chi connectivity index (χ4n) is 2.83. The first-order chi connectivity index (χ1) is 12.2. The van der Waals surface area contributed by atoms with Gasteiger partial charge >= 0.3 is 0 Å². The molecule has 1 aliphatic rings. The van der Waals surface area contributed by atoms with E-state index < -0.39 is 0 Å². The van der Waals surface area contributed by atoms with Crippen LogP contribution in [0.4, 0.5) is 15.2 Å². The average Bonchev–Trinajstić information content (AvgIpc) is 2.87. The van der Waals surface area contributed by atoms with Crippen LogP contribution in [-0.2, 0) is 4.79 Å². The van der Waals surface area contributed by atoms with Gasteiger partial charge in [0.2, 0.25) is 11.0 Å². The second-order valence-corrected chi connectivity index (χ2v) is 8.25. The van der Waals surface area contributed by atoms with Gasteiger partial charge in [-0.2, -0.15) is 0 Å². The third-order valence-electron chi connectivity index (χ3n) is 4.03. The van der Waals surface area contributed by atoms with Crippen LogP contribution in [0.5, 0.6) is 0 Å². The molecule has 0 radical (unpaired) electrons. The minimum Gasteiger partial charge on any atom is -0.353 e. The Bertz CT molecular complexity index is 701. The lowest BCUT2D eigenvalue weighted by atomic mass is 10.1. The van der Waals surface area contributed by atoms with Crippen LogP contribution in [-0.4, -0.2) is 27.9 Å². The van der Waals surface area contributed by atoms with Gasteiger partial charge in [-0.1, -0.05) is 54.8 Å². The molecule has 2 aromatic rings. The highest BCUT2D eigenvalue weighted by Crippen LogP contribution is 2.27. The first-order valence-corrected chi connectivity index (χ1v) is 10.3. The Kier molecular flexibility index (Phi) is 6.63. The summed E-state index contributed by atoms with van der Waals surface area (Å²) in [4.78, 5) is 12.1. The van der Waals surface area contributed by atoms with Crippen molar-refractivity contribution < 1.29 is 9.18 Å². The van der Waals surface area contributed by atoms with Crippen LogP contribution in [0.1, 0.15) is 38.5 Å². The minimum absolute atomic E-state index is 0.0479. The Labute approximate surface area is 154 Å². The van der Waals surface area contributed by atoms with E-state index in [2.05, 4.69) is 20.8 Å². The summed E-state index contributed by atoms with van der Waals surface area (Å²) in [6, 6.07) is 6.49. The third-order valence-corrected chi connectivity index (χ3v) is 6.00. The number of thioether (sulfide) groups is 1. The van der Waals surface area contributed by atoms with Crippen LogP contribution in [0.2, 0.25) is 0 Å². The number of halogens is 1. The lowest BCUT2D eigenvalue weighted by Gasteiger charge is -2.15. The smallest absolute Gasteiger partial charge is 0.230 e. The van der Waals surface area contributed by atoms with E-state index >= 15 is 0 Å². The van der Waals surface area contributed by atoms with E-state index in [1.807, 2.05) is 0 Å². The summed E-state index contributed by atoms with van der Waals surface area (Å²) >= 11 is 2.73. The lowest BCUT2D eigenvalue weighted by Crippen LogP contribution is -2.35. The van der Waals surface area contributed by atoms with E-state index in [0.717, 1.165) is 17.2 Å². The van der Waals surface area contributed by atoms with Gasteiger partial charge in [0, 0.05) is 11.7 Å². The first kappa shape index (κ1) is 18.1. The van der Waals surface area contributed by atoms with Crippen LogP contribution in [0, 0.1) is 5.82 Å². The van der Waals surface area contributed by atoms with Crippen LogP contribution < -0.4 is 10.6 Å². The van der Waals surface area contributed by atoms with Crippen molar-refractivity contribution in [3.8, 4) is 0 Å². The molecule has 1 amide bonds. The lowest BCUT2D eigenvalue weighted by molar-refractivity contribution is -0.119. The molecule has 1 aliphatic carbocycles. The highest BCUT2D eigenvalue weighted by Gasteiger charge is 2.15. The van der Waals surface area contributed by atoms with Crippen molar-refractivity contribution in [2.45, 2.75) is 48.9 Å². The molecule has 1 saturated carbocycles. The van der Waals surface area contributed by atoms with E-state index in [1.54, 1.807) is 12.1 Å². The standard InChI is InChI=1S/C17H21FN4OS2/c18-12-6-5-9-14(10-12)20-16-21-22-17(25-16)24-11-15(23)19-13-7-3-1-2-4-8-13/h5-6,9-10,13H,1-4,7-8,11H2,(H,19,23)(H,20,21). The molecule has 1 aromatic heterocycles. The molecule has 0 spiro atoms. The largest absolute Gasteiger partial charge is 0.353 e. The number of anilines is 2. The Morgan fingerprint density at radius 3 is 2.80 bits per heavy atom. The molecule has 3 rings (SSSR count). The summed E-state index contributed by atoms with van der Waals surface area (Å²) in [5.41, 5.74) is 0.624. The number of rotatable bonds is 6. The maximum absolute atomic E-state index is 13.2. The molecule has 8 heteroatoms. The maximum atomic E-state index is 13.2. The third kappa shape index (κ3) is 5.97. The molecular weight excluding hydrogens is 359 g/mol. The number of nitrogens with zero attached hydrogens (tertiary/aromatic N) is 2. The van der Waals surface area contributed by atoms with E-state index in [4.69, 9.17) is 0 Å². The van der Waals surface area contributed by atoms with Crippen LogP contribution in [0.25, 0.3) is 0 Å². The highest BCUT2D eigenvalue weighted by molar-refractivity contribution is 8.01. The van der Waals surface area contributed by atoms with Crippen molar-refractivity contribution in [2.75, 3.05) is 11.1 Å². The van der Waals surface area contributed by atoms with Crippen molar-refractivity contribution in [1.29, 1.82) is 0 Å². The fraction of sp³-hybridized carbons (Fsp3) is 0.471. The molecule has 5 nitrogen and oxygen atoms in total. The number of aromatic nitrogens is 2. The second kappa shape index (κ2) is 9.15. The summed E-state index contributed by atoms with van der Waals surface area (Å²) in [7, 11) is 0. The summed E-state index contributed by atoms with van der Waals surface area (Å²) in [6.45, 7) is 0. The number of hydrogen-bond donors (Lipinski definition) is 2. The Balaban J connectivity index is 1.45. The van der Waals surface area contributed by atoms with Crippen molar-refractivity contribution in [1.82, 2.24) is 15.5 Å². The molecule has 2 N–H and O–H groups in total. The number of carbonyl (C=O) groups is 1. The Hall–Kier alpha value is -1.67. The van der Waals surface area contributed by atoms with Gasteiger partial charge in [-0.25, -0.2) is 4.39 Å². The number of benzene rings is 1. The molecule has 0 atom stereocenters. The SMILES string of the molecule is O=C(CSc1nnc(Nc2cccc(F)c2)s1)NC1CCCCCC1. The van der Waals surface area contributed by atoms with Crippen molar-refractivity contribution in [3.63, 3.8) is 0 Å². The summed E-state index contributed by atoms with van der Waals surface area (Å²) in [5.74, 6) is 0.0801. The average molecular weight is 381 g/mol. The van der Waals surface area contributed by atoms with Crippen LogP contribution in [0.15, 0.2) is 28.6 Å². The first-order valence-electron chi connectivity index (χ1n) is 8.47. The van der Waals surface area contributed by atoms with Crippen LogP contribution >= 0.6 is 23.1 Å². The predicted octanol–water partition coefficient (Wildman–Crippen LogP) is 4.35. The summed E-state index contributed by atoms with van der Waals surface area (Å²) in [6.07, 6.45) is 7.10. The van der Waals surface area contributed by atoms with Crippen molar-refractivity contribution in [2.24, 2.45) is 0 Å². The van der Waals surface area contributed by atoms with Gasteiger partial charge in [0.25, 0.3) is 0 Å². The minimum atomic E-state index is -0.306. The molecule has 0 saturated heterocycles. The van der Waals surface area contributed by atoms with Gasteiger partial charge in [0.1, 0.15) is 5.82 Å². The molecule has 1 heterocycles. The highest BCUT2D eigenvalue weighted by atomic mass is 32.2. The number of hydrogen-bond acceptors (Lipinski definition) is 6. The van der Waals surface area contributed by atoms with E-state index in [9.17, 15) is 9.18 Å². The monoisotopic (exact) mass is 380 g/mol. The molecule has 134 valence electrons. The quantitative estimate of drug-likeness (QED) is 0.576. The summed E-state index contributed by atoms with van der Waals surface area (Å²) < 4.78 is 13.9. The molecule has 0 unspecified atom stereocenters. The molecule has 25 heavy (non-hydrogen) atoms. The van der Waals surface area contributed by atoms with Crippen molar-refractivity contribution >= 4 is 39.8 Å². The van der Waals surface area contributed by atoms with Gasteiger partial charge in [0.15, 0.2) is 4.34 Å². The van der Waals surface area contributed by atoms with Gasteiger partial charge in [0.05, 0.1) is 5.75 Å². The van der Waals surface area contributed by atoms with Gasteiger partial charge in [-0.15, -0.1) is 10.2 Å². The number of amides is 1. The van der Waals surface area contributed by atoms with Gasteiger partial charge in [-0.3, -0.25) is 4.79 Å². The Morgan fingerprint density at radius 1 is 1.24 bits per heavy atom. The molecule has 0 aliphatic heterocycles. The normalized spacial score (nSPS) is 15.6. The van der Waals surface area contributed by atoms with Gasteiger partial charge in [-0.05, 0) is 31.0 Å². The summed E-state index contributed by atoms with van der Waals surface area (Å²) in [5, 5.41) is 14.8. The zero-order valence-corrected chi connectivity index (χ0v) is 15.5. The molecular formula is C17H21FN4OS2. The van der Waals surface area contributed by atoms with E-state index in [1.165, 1.54) is 60.9 Å². The zero-order valence-electron chi connectivity index (χ0n) is 13.8. The number of nitrogens with one attached hydrogen (secondary N) is 2. The second-order valence-electron chi connectivity index (χ2n) is 6.05. The van der Waals surface area contributed by atoms with Crippen LogP contribution in [0.3, 0.4) is 0 Å².